The summed E-state index contributed by atoms with van der Waals surface area (Å²) in [6.07, 6.45) is 0. The zero-order valence-corrected chi connectivity index (χ0v) is 29.5. The van der Waals surface area contributed by atoms with Crippen molar-refractivity contribution in [3.05, 3.63) is 193 Å². The van der Waals surface area contributed by atoms with Crippen molar-refractivity contribution in [3.63, 3.8) is 0 Å². The quantitative estimate of drug-likeness (QED) is 0.169. The Balaban J connectivity index is 1.13. The molecule has 55 heavy (non-hydrogen) atoms. The van der Waals surface area contributed by atoms with Crippen molar-refractivity contribution < 1.29 is 0 Å². The summed E-state index contributed by atoms with van der Waals surface area (Å²) in [5, 5.41) is 17.7. The highest BCUT2D eigenvalue weighted by atomic mass is 15.0. The van der Waals surface area contributed by atoms with Gasteiger partial charge in [0.25, 0.3) is 0 Å². The van der Waals surface area contributed by atoms with Crippen LogP contribution in [0, 0.1) is 17.9 Å². The van der Waals surface area contributed by atoms with Crippen molar-refractivity contribution in [3.8, 4) is 34.3 Å². The summed E-state index contributed by atoms with van der Waals surface area (Å²) >= 11 is 0. The first-order valence-corrected chi connectivity index (χ1v) is 18.3. The second kappa shape index (κ2) is 11.8. The van der Waals surface area contributed by atoms with E-state index in [1.807, 2.05) is 36.4 Å². The minimum Gasteiger partial charge on any atom is -0.309 e. The van der Waals surface area contributed by atoms with Gasteiger partial charge in [0.15, 0.2) is 5.69 Å². The first kappa shape index (κ1) is 30.7. The highest BCUT2D eigenvalue weighted by molar-refractivity contribution is 6.17. The summed E-state index contributed by atoms with van der Waals surface area (Å²) in [4.78, 5) is 3.71. The van der Waals surface area contributed by atoms with Crippen LogP contribution in [-0.2, 0) is 0 Å². The fourth-order valence-corrected chi connectivity index (χ4v) is 8.82. The Bertz CT molecular complexity index is 3420. The Morgan fingerprint density at radius 2 is 0.927 bits per heavy atom. The number of hydrogen-bond donors (Lipinski definition) is 0. The Morgan fingerprint density at radius 1 is 0.418 bits per heavy atom. The number of hydrogen-bond acceptors (Lipinski definition) is 1. The lowest BCUT2D eigenvalue weighted by Crippen LogP contribution is -2.00. The predicted molar refractivity (Wildman–Crippen MR) is 226 cm³/mol. The van der Waals surface area contributed by atoms with Gasteiger partial charge in [0.1, 0.15) is 6.07 Å². The molecule has 0 radical (unpaired) electrons. The van der Waals surface area contributed by atoms with Crippen molar-refractivity contribution in [2.24, 2.45) is 0 Å². The predicted octanol–water partition coefficient (Wildman–Crippen LogP) is 13.1. The highest BCUT2D eigenvalue weighted by Crippen LogP contribution is 2.42. The van der Waals surface area contributed by atoms with E-state index >= 15 is 0 Å². The lowest BCUT2D eigenvalue weighted by molar-refractivity contribution is 1.16. The first-order chi connectivity index (χ1) is 27.2. The molecular formula is C50H29N5. The van der Waals surface area contributed by atoms with Gasteiger partial charge in [0, 0.05) is 32.5 Å². The largest absolute Gasteiger partial charge is 0.309 e. The molecule has 0 N–H and O–H groups in total. The summed E-state index contributed by atoms with van der Waals surface area (Å²) in [5.41, 5.74) is 12.6. The van der Waals surface area contributed by atoms with Gasteiger partial charge >= 0.3 is 0 Å². The second-order valence-corrected chi connectivity index (χ2v) is 13.9. The Kier molecular flexibility index (Phi) is 6.61. The monoisotopic (exact) mass is 699 g/mol. The molecule has 0 unspecified atom stereocenters. The Labute approximate surface area is 316 Å². The van der Waals surface area contributed by atoms with E-state index in [0.29, 0.717) is 11.3 Å². The van der Waals surface area contributed by atoms with E-state index in [-0.39, 0.29) is 0 Å². The molecule has 3 heterocycles. The maximum absolute atomic E-state index is 10.9. The molecular weight excluding hydrogens is 671 g/mol. The van der Waals surface area contributed by atoms with Crippen LogP contribution in [0.25, 0.3) is 98.5 Å². The van der Waals surface area contributed by atoms with Crippen LogP contribution < -0.4 is 0 Å². The molecule has 0 bridgehead atoms. The lowest BCUT2D eigenvalue weighted by Gasteiger charge is -2.16. The van der Waals surface area contributed by atoms with Gasteiger partial charge in [-0.15, -0.1) is 0 Å². The number of nitrogens with zero attached hydrogens (tertiary/aromatic N) is 5. The molecule has 3 aromatic heterocycles. The smallest absolute Gasteiger partial charge is 0.188 e. The average Bonchev–Trinajstić information content (AvgIpc) is 3.89. The van der Waals surface area contributed by atoms with E-state index < -0.39 is 0 Å². The standard InChI is InChI=1S/C50H29N5/c1-52-34-26-28-47-40(30-34)38-16-5-10-21-45(38)54(47)42-18-7-2-13-35(42)32-25-27-41(33(29-32)31-51)53-46-22-11-6-17-39(46)50-48(53)23-12-24-49(50)55-43-19-8-3-14-36(43)37-15-4-9-20-44(37)55/h2-30H. The molecule has 0 saturated heterocycles. The Morgan fingerprint density at radius 3 is 1.60 bits per heavy atom. The van der Waals surface area contributed by atoms with Crippen LogP contribution in [0.4, 0.5) is 5.69 Å². The number of benzene rings is 8. The van der Waals surface area contributed by atoms with Crippen LogP contribution in [0.5, 0.6) is 0 Å². The molecule has 5 nitrogen and oxygen atoms in total. The van der Waals surface area contributed by atoms with Gasteiger partial charge in [-0.2, -0.15) is 5.26 Å². The third-order valence-electron chi connectivity index (χ3n) is 11.1. The van der Waals surface area contributed by atoms with E-state index in [9.17, 15) is 5.26 Å². The lowest BCUT2D eigenvalue weighted by atomic mass is 10.00. The van der Waals surface area contributed by atoms with Gasteiger partial charge in [0.05, 0.1) is 62.3 Å². The molecule has 0 saturated carbocycles. The minimum atomic E-state index is 0.584. The zero-order chi connectivity index (χ0) is 36.6. The molecule has 8 aromatic carbocycles. The molecule has 0 fully saturated rings. The number of rotatable bonds is 4. The third-order valence-corrected chi connectivity index (χ3v) is 11.1. The maximum atomic E-state index is 10.9. The van der Waals surface area contributed by atoms with Gasteiger partial charge in [-0.25, -0.2) is 4.85 Å². The molecule has 0 aliphatic rings. The van der Waals surface area contributed by atoms with Crippen LogP contribution >= 0.6 is 0 Å². The normalized spacial score (nSPS) is 11.6. The fraction of sp³-hybridized carbons (Fsp3) is 0. The number of nitriles is 1. The minimum absolute atomic E-state index is 0.584. The molecule has 0 spiro atoms. The number of aromatic nitrogens is 3. The molecule has 0 aliphatic carbocycles. The Hall–Kier alpha value is -7.86. The van der Waals surface area contributed by atoms with Gasteiger partial charge < -0.3 is 13.7 Å². The van der Waals surface area contributed by atoms with E-state index in [1.165, 1.54) is 10.8 Å². The molecule has 254 valence electrons. The van der Waals surface area contributed by atoms with Crippen LogP contribution in [0.2, 0.25) is 0 Å². The van der Waals surface area contributed by atoms with Crippen molar-refractivity contribution in [2.45, 2.75) is 0 Å². The van der Waals surface area contributed by atoms with Crippen LogP contribution in [-0.4, -0.2) is 13.7 Å². The summed E-state index contributed by atoms with van der Waals surface area (Å²) in [5.74, 6) is 0. The fourth-order valence-electron chi connectivity index (χ4n) is 8.82. The van der Waals surface area contributed by atoms with Crippen LogP contribution in [0.1, 0.15) is 5.56 Å². The van der Waals surface area contributed by atoms with E-state index in [4.69, 9.17) is 6.57 Å². The molecule has 11 rings (SSSR count). The van der Waals surface area contributed by atoms with Crippen molar-refractivity contribution in [2.75, 3.05) is 0 Å². The van der Waals surface area contributed by atoms with E-state index in [0.717, 1.165) is 82.8 Å². The zero-order valence-electron chi connectivity index (χ0n) is 29.5. The third kappa shape index (κ3) is 4.39. The van der Waals surface area contributed by atoms with Crippen molar-refractivity contribution >= 4 is 71.1 Å². The van der Waals surface area contributed by atoms with Crippen LogP contribution in [0.3, 0.4) is 0 Å². The highest BCUT2D eigenvalue weighted by Gasteiger charge is 2.22. The van der Waals surface area contributed by atoms with Gasteiger partial charge in [-0.05, 0) is 77.7 Å². The molecule has 0 aliphatic heterocycles. The summed E-state index contributed by atoms with van der Waals surface area (Å²) in [7, 11) is 0. The molecule has 11 aromatic rings. The topological polar surface area (TPSA) is 42.9 Å². The van der Waals surface area contributed by atoms with E-state index in [1.54, 1.807) is 0 Å². The van der Waals surface area contributed by atoms with E-state index in [2.05, 4.69) is 164 Å². The van der Waals surface area contributed by atoms with Crippen molar-refractivity contribution in [1.29, 1.82) is 5.26 Å². The first-order valence-electron chi connectivity index (χ1n) is 18.3. The van der Waals surface area contributed by atoms with Crippen molar-refractivity contribution in [1.82, 2.24) is 13.7 Å². The summed E-state index contributed by atoms with van der Waals surface area (Å²) in [6, 6.07) is 63.6. The molecule has 0 amide bonds. The van der Waals surface area contributed by atoms with Crippen LogP contribution in [0.15, 0.2) is 176 Å². The SMILES string of the molecule is [C-]#[N+]c1ccc2c(c1)c1ccccc1n2-c1ccccc1-c1ccc(-n2c3ccccc3c3c(-n4c5ccccc5c5ccccc54)cccc32)c(C#N)c1. The van der Waals surface area contributed by atoms with Gasteiger partial charge in [-0.1, -0.05) is 109 Å². The summed E-state index contributed by atoms with van der Waals surface area (Å²) < 4.78 is 6.90. The van der Waals surface area contributed by atoms with Gasteiger partial charge in [0.2, 0.25) is 0 Å². The van der Waals surface area contributed by atoms with Gasteiger partial charge in [-0.3, -0.25) is 0 Å². The number of para-hydroxylation sites is 5. The second-order valence-electron chi connectivity index (χ2n) is 13.9. The molecule has 5 heteroatoms. The average molecular weight is 700 g/mol. The number of fused-ring (bicyclic) bond motifs is 9. The molecule has 0 atom stereocenters. The summed E-state index contributed by atoms with van der Waals surface area (Å²) in [6.45, 7) is 7.63. The maximum Gasteiger partial charge on any atom is 0.188 e.